The van der Waals surface area contributed by atoms with Crippen LogP contribution in [0.3, 0.4) is 0 Å². The molecule has 0 saturated carbocycles. The molecular weight excluding hydrogens is 226 g/mol. The fourth-order valence-corrected chi connectivity index (χ4v) is 2.24. The maximum Gasteiger partial charge on any atom is 0.120 e. The van der Waals surface area contributed by atoms with E-state index in [4.69, 9.17) is 4.74 Å². The van der Waals surface area contributed by atoms with Crippen LogP contribution >= 0.6 is 0 Å². The zero-order valence-corrected chi connectivity index (χ0v) is 10.0. The van der Waals surface area contributed by atoms with E-state index in [1.54, 1.807) is 24.3 Å². The normalized spacial score (nSPS) is 13.3. The van der Waals surface area contributed by atoms with Gasteiger partial charge in [-0.2, -0.15) is 0 Å². The predicted molar refractivity (Wildman–Crippen MR) is 69.4 cm³/mol. The highest BCUT2D eigenvalue weighted by molar-refractivity contribution is 5.38. The van der Waals surface area contributed by atoms with Crippen LogP contribution in [0.4, 0.5) is 0 Å². The van der Waals surface area contributed by atoms with E-state index in [-0.39, 0.29) is 5.75 Å². The van der Waals surface area contributed by atoms with Gasteiger partial charge in [-0.3, -0.25) is 0 Å². The fourth-order valence-electron chi connectivity index (χ4n) is 2.24. The average Bonchev–Trinajstić information content (AvgIpc) is 2.87. The molecular formula is C15H15NO2. The van der Waals surface area contributed by atoms with E-state index in [1.807, 2.05) is 0 Å². The Labute approximate surface area is 106 Å². The quantitative estimate of drug-likeness (QED) is 0.867. The molecule has 0 fully saturated rings. The minimum Gasteiger partial charge on any atom is -0.508 e. The van der Waals surface area contributed by atoms with Crippen molar-refractivity contribution < 1.29 is 9.84 Å². The number of rotatable bonds is 3. The summed E-state index contributed by atoms with van der Waals surface area (Å²) in [4.78, 5) is 0. The number of fused-ring (bicyclic) bond motifs is 1. The first-order chi connectivity index (χ1) is 8.83. The number of aromatic hydroxyl groups is 1. The van der Waals surface area contributed by atoms with Crippen molar-refractivity contribution in [3.8, 4) is 11.5 Å². The SMILES string of the molecule is Oc1ccc(OCc2cccc3c2CNC3)cc1. The van der Waals surface area contributed by atoms with Crippen LogP contribution in [0.15, 0.2) is 42.5 Å². The van der Waals surface area contributed by atoms with E-state index in [0.29, 0.717) is 6.61 Å². The molecule has 0 unspecified atom stereocenters. The highest BCUT2D eigenvalue weighted by atomic mass is 16.5. The number of benzene rings is 2. The van der Waals surface area contributed by atoms with Gasteiger partial charge >= 0.3 is 0 Å². The van der Waals surface area contributed by atoms with Crippen LogP contribution < -0.4 is 10.1 Å². The number of phenolic OH excluding ortho intramolecular Hbond substituents is 1. The first kappa shape index (κ1) is 11.1. The van der Waals surface area contributed by atoms with Crippen molar-refractivity contribution in [3.63, 3.8) is 0 Å². The van der Waals surface area contributed by atoms with E-state index < -0.39 is 0 Å². The van der Waals surface area contributed by atoms with Crippen LogP contribution in [0, 0.1) is 0 Å². The van der Waals surface area contributed by atoms with Crippen LogP contribution in [-0.2, 0) is 19.7 Å². The Morgan fingerprint density at radius 2 is 1.89 bits per heavy atom. The molecule has 0 atom stereocenters. The summed E-state index contributed by atoms with van der Waals surface area (Å²) < 4.78 is 5.73. The summed E-state index contributed by atoms with van der Waals surface area (Å²) in [5.41, 5.74) is 3.95. The van der Waals surface area contributed by atoms with Crippen molar-refractivity contribution in [2.45, 2.75) is 19.7 Å². The van der Waals surface area contributed by atoms with Crippen LogP contribution in [0.5, 0.6) is 11.5 Å². The molecule has 3 nitrogen and oxygen atoms in total. The van der Waals surface area contributed by atoms with E-state index in [2.05, 4.69) is 23.5 Å². The molecule has 0 bridgehead atoms. The van der Waals surface area contributed by atoms with Gasteiger partial charge in [0.2, 0.25) is 0 Å². The Morgan fingerprint density at radius 3 is 2.72 bits per heavy atom. The Kier molecular flexibility index (Phi) is 2.90. The molecule has 1 aliphatic heterocycles. The minimum absolute atomic E-state index is 0.257. The molecule has 0 spiro atoms. The van der Waals surface area contributed by atoms with Gasteiger partial charge in [-0.15, -0.1) is 0 Å². The molecule has 1 heterocycles. The molecule has 92 valence electrons. The van der Waals surface area contributed by atoms with Gasteiger partial charge < -0.3 is 15.2 Å². The lowest BCUT2D eigenvalue weighted by Gasteiger charge is -2.10. The lowest BCUT2D eigenvalue weighted by molar-refractivity contribution is 0.304. The van der Waals surface area contributed by atoms with Gasteiger partial charge in [0.25, 0.3) is 0 Å². The number of nitrogens with one attached hydrogen (secondary N) is 1. The summed E-state index contributed by atoms with van der Waals surface area (Å²) in [7, 11) is 0. The molecule has 18 heavy (non-hydrogen) atoms. The molecule has 1 aliphatic rings. The van der Waals surface area contributed by atoms with Gasteiger partial charge in [0, 0.05) is 13.1 Å². The Morgan fingerprint density at radius 1 is 1.06 bits per heavy atom. The maximum atomic E-state index is 9.20. The van der Waals surface area contributed by atoms with Gasteiger partial charge in [0.05, 0.1) is 0 Å². The largest absolute Gasteiger partial charge is 0.508 e. The first-order valence-corrected chi connectivity index (χ1v) is 6.05. The lowest BCUT2D eigenvalue weighted by Crippen LogP contribution is -2.03. The van der Waals surface area contributed by atoms with Crippen molar-refractivity contribution in [3.05, 3.63) is 59.2 Å². The second kappa shape index (κ2) is 4.70. The van der Waals surface area contributed by atoms with Gasteiger partial charge in [0.1, 0.15) is 18.1 Å². The smallest absolute Gasteiger partial charge is 0.120 e. The van der Waals surface area contributed by atoms with E-state index in [1.165, 1.54) is 16.7 Å². The highest BCUT2D eigenvalue weighted by Gasteiger charge is 2.13. The summed E-state index contributed by atoms with van der Waals surface area (Å²) in [6, 6.07) is 13.1. The summed E-state index contributed by atoms with van der Waals surface area (Å²) >= 11 is 0. The number of hydrogen-bond acceptors (Lipinski definition) is 3. The molecule has 0 radical (unpaired) electrons. The average molecular weight is 241 g/mol. The summed E-state index contributed by atoms with van der Waals surface area (Å²) in [5, 5.41) is 12.6. The molecule has 0 saturated heterocycles. The van der Waals surface area contributed by atoms with Crippen molar-refractivity contribution >= 4 is 0 Å². The third-order valence-electron chi connectivity index (χ3n) is 3.22. The van der Waals surface area contributed by atoms with Crippen molar-refractivity contribution in [2.24, 2.45) is 0 Å². The molecule has 0 aromatic heterocycles. The van der Waals surface area contributed by atoms with Crippen molar-refractivity contribution in [2.75, 3.05) is 0 Å². The second-order valence-corrected chi connectivity index (χ2v) is 4.44. The summed E-state index contributed by atoms with van der Waals surface area (Å²) in [6.45, 7) is 2.43. The van der Waals surface area contributed by atoms with E-state index in [0.717, 1.165) is 18.8 Å². The number of phenols is 1. The van der Waals surface area contributed by atoms with Gasteiger partial charge in [-0.1, -0.05) is 18.2 Å². The standard InChI is InChI=1S/C15H15NO2/c17-13-4-6-14(7-5-13)18-10-12-3-1-2-11-8-16-9-15(11)12/h1-7,16-17H,8-10H2. The zero-order valence-electron chi connectivity index (χ0n) is 10.0. The molecule has 0 amide bonds. The Bertz CT molecular complexity index is 549. The molecule has 3 rings (SSSR count). The number of ether oxygens (including phenoxy) is 1. The zero-order chi connectivity index (χ0) is 12.4. The minimum atomic E-state index is 0.257. The third kappa shape index (κ3) is 2.17. The van der Waals surface area contributed by atoms with Gasteiger partial charge in [-0.25, -0.2) is 0 Å². The molecule has 3 heteroatoms. The highest BCUT2D eigenvalue weighted by Crippen LogP contribution is 2.22. The summed E-state index contributed by atoms with van der Waals surface area (Å²) in [5.74, 6) is 1.03. The maximum absolute atomic E-state index is 9.20. The van der Waals surface area contributed by atoms with Crippen LogP contribution in [0.2, 0.25) is 0 Å². The molecule has 2 aromatic carbocycles. The van der Waals surface area contributed by atoms with E-state index >= 15 is 0 Å². The molecule has 2 N–H and O–H groups in total. The van der Waals surface area contributed by atoms with Crippen LogP contribution in [0.1, 0.15) is 16.7 Å². The third-order valence-corrected chi connectivity index (χ3v) is 3.22. The van der Waals surface area contributed by atoms with Crippen LogP contribution in [-0.4, -0.2) is 5.11 Å². The topological polar surface area (TPSA) is 41.5 Å². The first-order valence-electron chi connectivity index (χ1n) is 6.05. The summed E-state index contributed by atoms with van der Waals surface area (Å²) in [6.07, 6.45) is 0. The second-order valence-electron chi connectivity index (χ2n) is 4.44. The van der Waals surface area contributed by atoms with E-state index in [9.17, 15) is 5.11 Å². The van der Waals surface area contributed by atoms with Crippen LogP contribution in [0.25, 0.3) is 0 Å². The molecule has 0 aliphatic carbocycles. The molecule has 2 aromatic rings. The van der Waals surface area contributed by atoms with Crippen molar-refractivity contribution in [1.29, 1.82) is 0 Å². The predicted octanol–water partition coefficient (Wildman–Crippen LogP) is 2.57. The number of hydrogen-bond donors (Lipinski definition) is 2. The lowest BCUT2D eigenvalue weighted by atomic mass is 10.0. The van der Waals surface area contributed by atoms with Gasteiger partial charge in [-0.05, 0) is 41.0 Å². The Hall–Kier alpha value is -2.00. The van der Waals surface area contributed by atoms with Crippen molar-refractivity contribution in [1.82, 2.24) is 5.32 Å². The van der Waals surface area contributed by atoms with Gasteiger partial charge in [0.15, 0.2) is 0 Å². The Balaban J connectivity index is 1.74. The fraction of sp³-hybridized carbons (Fsp3) is 0.200. The monoisotopic (exact) mass is 241 g/mol.